The van der Waals surface area contributed by atoms with Crippen LogP contribution in [0.15, 0.2) is 36.4 Å². The molecule has 7 nitrogen and oxygen atoms in total. The molecule has 0 heterocycles. The summed E-state index contributed by atoms with van der Waals surface area (Å²) in [5.41, 5.74) is 1.77. The third-order valence-corrected chi connectivity index (χ3v) is 4.04. The molecule has 1 amide bonds. The topological polar surface area (TPSA) is 90.9 Å². The monoisotopic (exact) mass is 405 g/mol. The summed E-state index contributed by atoms with van der Waals surface area (Å²) in [4.78, 5) is 35.0. The third-order valence-electron chi connectivity index (χ3n) is 3.80. The van der Waals surface area contributed by atoms with Crippen LogP contribution in [-0.4, -0.2) is 38.0 Å². The number of aryl methyl sites for hydroxylation is 1. The maximum atomic E-state index is 12.2. The molecule has 8 heteroatoms. The SMILES string of the molecule is COc1cc(C=O)ccc1OCC(=O)O[C@@H](C)C(=O)Nc1cc(Cl)ccc1C. The number of carbonyl (C=O) groups is 3. The molecule has 2 aromatic carbocycles. The number of anilines is 1. The Morgan fingerprint density at radius 1 is 1.18 bits per heavy atom. The van der Waals surface area contributed by atoms with Gasteiger partial charge in [0.1, 0.15) is 6.29 Å². The smallest absolute Gasteiger partial charge is 0.344 e. The fourth-order valence-corrected chi connectivity index (χ4v) is 2.43. The largest absolute Gasteiger partial charge is 0.493 e. The molecule has 0 unspecified atom stereocenters. The number of amides is 1. The fourth-order valence-electron chi connectivity index (χ4n) is 2.26. The molecule has 0 aliphatic rings. The molecule has 0 radical (unpaired) electrons. The van der Waals surface area contributed by atoms with E-state index in [4.69, 9.17) is 25.8 Å². The van der Waals surface area contributed by atoms with Gasteiger partial charge >= 0.3 is 5.97 Å². The first-order chi connectivity index (χ1) is 13.3. The predicted octanol–water partition coefficient (Wildman–Crippen LogP) is 3.42. The molecular formula is C20H20ClNO6. The summed E-state index contributed by atoms with van der Waals surface area (Å²) in [6.45, 7) is 2.84. The molecule has 0 aliphatic heterocycles. The van der Waals surface area contributed by atoms with Crippen LogP contribution < -0.4 is 14.8 Å². The van der Waals surface area contributed by atoms with Crippen molar-refractivity contribution in [2.75, 3.05) is 19.0 Å². The van der Waals surface area contributed by atoms with Crippen LogP contribution in [-0.2, 0) is 14.3 Å². The zero-order chi connectivity index (χ0) is 20.7. The van der Waals surface area contributed by atoms with Gasteiger partial charge in [0.05, 0.1) is 7.11 Å². The molecule has 0 aromatic heterocycles. The van der Waals surface area contributed by atoms with E-state index < -0.39 is 24.6 Å². The molecule has 0 spiro atoms. The lowest BCUT2D eigenvalue weighted by molar-refractivity contribution is -0.155. The zero-order valence-corrected chi connectivity index (χ0v) is 16.4. The summed E-state index contributed by atoms with van der Waals surface area (Å²) < 4.78 is 15.6. The molecule has 2 aromatic rings. The minimum absolute atomic E-state index is 0.275. The Hall–Kier alpha value is -3.06. The average molecular weight is 406 g/mol. The van der Waals surface area contributed by atoms with Crippen molar-refractivity contribution in [3.05, 3.63) is 52.5 Å². The van der Waals surface area contributed by atoms with Crippen molar-refractivity contribution in [2.24, 2.45) is 0 Å². The first-order valence-electron chi connectivity index (χ1n) is 8.36. The van der Waals surface area contributed by atoms with Crippen LogP contribution >= 0.6 is 11.6 Å². The van der Waals surface area contributed by atoms with Crippen LogP contribution in [0, 0.1) is 6.92 Å². The van der Waals surface area contributed by atoms with Crippen molar-refractivity contribution in [1.29, 1.82) is 0 Å². The molecule has 0 saturated carbocycles. The second kappa shape index (κ2) is 9.75. The first-order valence-corrected chi connectivity index (χ1v) is 8.74. The van der Waals surface area contributed by atoms with Gasteiger partial charge in [-0.05, 0) is 49.7 Å². The highest BCUT2D eigenvalue weighted by molar-refractivity contribution is 6.31. The Kier molecular flexibility index (Phi) is 7.40. The van der Waals surface area contributed by atoms with Gasteiger partial charge in [0, 0.05) is 16.3 Å². The van der Waals surface area contributed by atoms with Crippen molar-refractivity contribution >= 4 is 35.5 Å². The van der Waals surface area contributed by atoms with Gasteiger partial charge in [-0.25, -0.2) is 4.79 Å². The van der Waals surface area contributed by atoms with Gasteiger partial charge in [-0.1, -0.05) is 17.7 Å². The van der Waals surface area contributed by atoms with Crippen molar-refractivity contribution in [2.45, 2.75) is 20.0 Å². The summed E-state index contributed by atoms with van der Waals surface area (Å²) in [6.07, 6.45) is -0.364. The molecule has 1 atom stereocenters. The lowest BCUT2D eigenvalue weighted by Gasteiger charge is -2.15. The van der Waals surface area contributed by atoms with Gasteiger partial charge in [-0.15, -0.1) is 0 Å². The number of ether oxygens (including phenoxy) is 3. The van der Waals surface area contributed by atoms with E-state index in [0.29, 0.717) is 28.3 Å². The summed E-state index contributed by atoms with van der Waals surface area (Å²) in [5, 5.41) is 3.15. The highest BCUT2D eigenvalue weighted by Gasteiger charge is 2.19. The quantitative estimate of drug-likeness (QED) is 0.534. The second-order valence-corrected chi connectivity index (χ2v) is 6.33. The number of methoxy groups -OCH3 is 1. The lowest BCUT2D eigenvalue weighted by atomic mass is 10.2. The normalized spacial score (nSPS) is 11.3. The van der Waals surface area contributed by atoms with Gasteiger partial charge in [-0.3, -0.25) is 9.59 Å². The Morgan fingerprint density at radius 2 is 1.93 bits per heavy atom. The van der Waals surface area contributed by atoms with Gasteiger partial charge in [0.25, 0.3) is 5.91 Å². The minimum atomic E-state index is -1.03. The van der Waals surface area contributed by atoms with E-state index in [-0.39, 0.29) is 5.75 Å². The molecule has 0 fully saturated rings. The number of hydrogen-bond acceptors (Lipinski definition) is 6. The van der Waals surface area contributed by atoms with E-state index in [1.807, 2.05) is 6.92 Å². The Morgan fingerprint density at radius 3 is 2.61 bits per heavy atom. The summed E-state index contributed by atoms with van der Waals surface area (Å²) >= 11 is 5.92. The number of carbonyl (C=O) groups excluding carboxylic acids is 3. The highest BCUT2D eigenvalue weighted by atomic mass is 35.5. The van der Waals surface area contributed by atoms with E-state index in [1.165, 1.54) is 32.2 Å². The molecule has 2 rings (SSSR count). The number of rotatable bonds is 8. The maximum absolute atomic E-state index is 12.2. The maximum Gasteiger partial charge on any atom is 0.344 e. The van der Waals surface area contributed by atoms with Crippen molar-refractivity contribution in [3.63, 3.8) is 0 Å². The van der Waals surface area contributed by atoms with Gasteiger partial charge < -0.3 is 19.5 Å². The molecule has 148 valence electrons. The summed E-state index contributed by atoms with van der Waals surface area (Å²) in [6, 6.07) is 9.61. The number of nitrogens with one attached hydrogen (secondary N) is 1. The van der Waals surface area contributed by atoms with Crippen LogP contribution in [0.5, 0.6) is 11.5 Å². The minimum Gasteiger partial charge on any atom is -0.493 e. The third kappa shape index (κ3) is 5.72. The molecule has 0 aliphatic carbocycles. The van der Waals surface area contributed by atoms with Crippen molar-refractivity contribution in [3.8, 4) is 11.5 Å². The van der Waals surface area contributed by atoms with Gasteiger partial charge in [0.15, 0.2) is 24.2 Å². The van der Waals surface area contributed by atoms with E-state index >= 15 is 0 Å². The summed E-state index contributed by atoms with van der Waals surface area (Å²) in [5.74, 6) is -0.644. The van der Waals surface area contributed by atoms with E-state index in [2.05, 4.69) is 5.32 Å². The van der Waals surface area contributed by atoms with E-state index in [0.717, 1.165) is 5.56 Å². The Balaban J connectivity index is 1.91. The second-order valence-electron chi connectivity index (χ2n) is 5.90. The molecular weight excluding hydrogens is 386 g/mol. The van der Waals surface area contributed by atoms with Crippen molar-refractivity contribution < 1.29 is 28.6 Å². The zero-order valence-electron chi connectivity index (χ0n) is 15.7. The van der Waals surface area contributed by atoms with Crippen LogP contribution in [0.25, 0.3) is 0 Å². The standard InChI is InChI=1S/C20H20ClNO6/c1-12-4-6-15(21)9-16(12)22-20(25)13(2)28-19(24)11-27-17-7-5-14(10-23)8-18(17)26-3/h4-10,13H,11H2,1-3H3,(H,22,25)/t13-/m0/s1. The van der Waals surface area contributed by atoms with E-state index in [9.17, 15) is 14.4 Å². The first kappa shape index (κ1) is 21.2. The van der Waals surface area contributed by atoms with Gasteiger partial charge in [-0.2, -0.15) is 0 Å². The lowest BCUT2D eigenvalue weighted by Crippen LogP contribution is -2.31. The number of benzene rings is 2. The highest BCUT2D eigenvalue weighted by Crippen LogP contribution is 2.27. The number of esters is 1. The van der Waals surface area contributed by atoms with Crippen molar-refractivity contribution in [1.82, 2.24) is 0 Å². The number of hydrogen-bond donors (Lipinski definition) is 1. The number of halogens is 1. The average Bonchev–Trinajstić information content (AvgIpc) is 2.68. The Labute approximate surface area is 167 Å². The summed E-state index contributed by atoms with van der Waals surface area (Å²) in [7, 11) is 1.42. The molecule has 0 saturated heterocycles. The van der Waals surface area contributed by atoms with Gasteiger partial charge in [0.2, 0.25) is 0 Å². The fraction of sp³-hybridized carbons (Fsp3) is 0.250. The number of aldehydes is 1. The van der Waals surface area contributed by atoms with Crippen LogP contribution in [0.4, 0.5) is 5.69 Å². The van der Waals surface area contributed by atoms with E-state index in [1.54, 1.807) is 18.2 Å². The Bertz CT molecular complexity index is 883. The molecule has 1 N–H and O–H groups in total. The van der Waals surface area contributed by atoms with Crippen LogP contribution in [0.1, 0.15) is 22.8 Å². The molecule has 0 bridgehead atoms. The molecule has 28 heavy (non-hydrogen) atoms. The van der Waals surface area contributed by atoms with Crippen LogP contribution in [0.2, 0.25) is 5.02 Å². The van der Waals surface area contributed by atoms with Crippen LogP contribution in [0.3, 0.4) is 0 Å². The predicted molar refractivity (Wildman–Crippen MR) is 104 cm³/mol.